The van der Waals surface area contributed by atoms with Gasteiger partial charge in [-0.05, 0) is 62.6 Å². The monoisotopic (exact) mass is 331 g/mol. The molecule has 24 heavy (non-hydrogen) atoms. The number of allylic oxidation sites excluding steroid dienone is 3. The van der Waals surface area contributed by atoms with Gasteiger partial charge in [0.15, 0.2) is 0 Å². The Kier molecular flexibility index (Phi) is 7.11. The van der Waals surface area contributed by atoms with Crippen molar-refractivity contribution in [1.29, 1.82) is 0 Å². The van der Waals surface area contributed by atoms with Crippen LogP contribution in [0.3, 0.4) is 0 Å². The number of aliphatic carboxylic acids is 1. The maximum atomic E-state index is 13.0. The molecule has 5 heteroatoms. The van der Waals surface area contributed by atoms with Gasteiger partial charge in [0.05, 0.1) is 5.57 Å². The number of hydrogen-bond acceptors (Lipinski definition) is 2. The van der Waals surface area contributed by atoms with Crippen LogP contribution in [-0.4, -0.2) is 24.0 Å². The van der Waals surface area contributed by atoms with Crippen LogP contribution in [-0.2, 0) is 16.0 Å². The molecular formula is C19H22FNO3. The minimum Gasteiger partial charge on any atom is -0.478 e. The molecular weight excluding hydrogens is 309 g/mol. The molecule has 0 unspecified atom stereocenters. The van der Waals surface area contributed by atoms with Crippen molar-refractivity contribution in [2.24, 2.45) is 0 Å². The molecule has 1 amide bonds. The predicted molar refractivity (Wildman–Crippen MR) is 92.0 cm³/mol. The van der Waals surface area contributed by atoms with E-state index in [1.807, 2.05) is 13.8 Å². The second-order valence-electron chi connectivity index (χ2n) is 5.64. The number of halogens is 1. The fraction of sp³-hybridized carbons (Fsp3) is 0.263. The normalized spacial score (nSPS) is 11.9. The van der Waals surface area contributed by atoms with Crippen molar-refractivity contribution >= 4 is 11.9 Å². The minimum atomic E-state index is -1.11. The van der Waals surface area contributed by atoms with E-state index < -0.39 is 5.97 Å². The third kappa shape index (κ3) is 5.83. The lowest BCUT2D eigenvalue weighted by molar-refractivity contribution is -0.132. The summed E-state index contributed by atoms with van der Waals surface area (Å²) in [6, 6.07) is 6.07. The van der Waals surface area contributed by atoms with Gasteiger partial charge >= 0.3 is 5.97 Å². The van der Waals surface area contributed by atoms with Crippen LogP contribution in [0.5, 0.6) is 0 Å². The van der Waals surface area contributed by atoms with Gasteiger partial charge in [-0.3, -0.25) is 4.79 Å². The predicted octanol–water partition coefficient (Wildman–Crippen LogP) is 3.41. The van der Waals surface area contributed by atoms with Gasteiger partial charge in [-0.2, -0.15) is 0 Å². The van der Waals surface area contributed by atoms with Crippen molar-refractivity contribution in [2.75, 3.05) is 7.05 Å². The third-order valence-electron chi connectivity index (χ3n) is 3.48. The van der Waals surface area contributed by atoms with Gasteiger partial charge in [0.2, 0.25) is 5.91 Å². The van der Waals surface area contributed by atoms with Crippen molar-refractivity contribution in [3.05, 3.63) is 70.1 Å². The Morgan fingerprint density at radius 1 is 1.12 bits per heavy atom. The number of carboxylic acid groups (broad SMARTS) is 1. The highest BCUT2D eigenvalue weighted by Gasteiger charge is 2.10. The third-order valence-corrected chi connectivity index (χ3v) is 3.48. The molecule has 1 aromatic carbocycles. The molecule has 0 aromatic heterocycles. The average molecular weight is 331 g/mol. The summed E-state index contributed by atoms with van der Waals surface area (Å²) in [6.45, 7) is 5.31. The fourth-order valence-corrected chi connectivity index (χ4v) is 2.04. The summed E-state index contributed by atoms with van der Waals surface area (Å²) in [5, 5.41) is 11.8. The molecule has 0 bridgehead atoms. The first-order valence-electron chi connectivity index (χ1n) is 7.50. The van der Waals surface area contributed by atoms with Gasteiger partial charge in [0, 0.05) is 12.6 Å². The van der Waals surface area contributed by atoms with E-state index in [0.717, 1.165) is 16.7 Å². The van der Waals surface area contributed by atoms with Crippen molar-refractivity contribution in [3.8, 4) is 0 Å². The zero-order valence-electron chi connectivity index (χ0n) is 14.3. The molecule has 0 aliphatic rings. The molecule has 0 atom stereocenters. The molecule has 4 nitrogen and oxygen atoms in total. The molecule has 0 fully saturated rings. The van der Waals surface area contributed by atoms with Crippen LogP contribution in [0.2, 0.25) is 0 Å². The first-order chi connectivity index (χ1) is 11.2. The summed E-state index contributed by atoms with van der Waals surface area (Å²) in [6.07, 6.45) is 3.37. The molecule has 0 spiro atoms. The highest BCUT2D eigenvalue weighted by molar-refractivity contribution is 5.97. The number of rotatable bonds is 6. The topological polar surface area (TPSA) is 66.4 Å². The average Bonchev–Trinajstić information content (AvgIpc) is 2.53. The minimum absolute atomic E-state index is 0.0226. The van der Waals surface area contributed by atoms with Gasteiger partial charge in [0.25, 0.3) is 0 Å². The summed E-state index contributed by atoms with van der Waals surface area (Å²) in [5.74, 6) is -1.76. The van der Waals surface area contributed by atoms with Crippen LogP contribution < -0.4 is 5.32 Å². The van der Waals surface area contributed by atoms with Crippen LogP contribution in [0, 0.1) is 5.82 Å². The zero-order chi connectivity index (χ0) is 18.3. The second-order valence-corrected chi connectivity index (χ2v) is 5.64. The smallest absolute Gasteiger partial charge is 0.335 e. The van der Waals surface area contributed by atoms with E-state index in [2.05, 4.69) is 5.32 Å². The van der Waals surface area contributed by atoms with E-state index >= 15 is 0 Å². The summed E-state index contributed by atoms with van der Waals surface area (Å²) < 4.78 is 13.0. The van der Waals surface area contributed by atoms with Crippen molar-refractivity contribution in [1.82, 2.24) is 5.32 Å². The Morgan fingerprint density at radius 2 is 1.71 bits per heavy atom. The second kappa shape index (κ2) is 8.82. The standard InChI is InChI=1S/C19H22FNO3/c1-12(2)15(10-14-5-7-17(20)8-6-14)11-16(19(23)24)9-13(3)18(22)21-4/h5-9,11H,10H2,1-4H3,(H,21,22)(H,23,24)/b13-9+,16-11+. The highest BCUT2D eigenvalue weighted by Crippen LogP contribution is 2.17. The van der Waals surface area contributed by atoms with Crippen LogP contribution in [0.1, 0.15) is 26.3 Å². The van der Waals surface area contributed by atoms with Crippen LogP contribution in [0.25, 0.3) is 0 Å². The van der Waals surface area contributed by atoms with E-state index in [9.17, 15) is 19.1 Å². The van der Waals surface area contributed by atoms with E-state index in [1.54, 1.807) is 25.1 Å². The Hall–Kier alpha value is -2.69. The number of carbonyl (C=O) groups is 2. The molecule has 128 valence electrons. The number of nitrogens with one attached hydrogen (secondary N) is 1. The molecule has 0 heterocycles. The lowest BCUT2D eigenvalue weighted by Crippen LogP contribution is -2.19. The molecule has 1 aromatic rings. The summed E-state index contributed by atoms with van der Waals surface area (Å²) in [5.41, 5.74) is 2.96. The molecule has 0 aliphatic carbocycles. The number of amides is 1. The lowest BCUT2D eigenvalue weighted by atomic mass is 9.98. The van der Waals surface area contributed by atoms with Gasteiger partial charge in [-0.15, -0.1) is 0 Å². The number of likely N-dealkylation sites (N-methyl/N-ethyl adjacent to an activating group) is 1. The molecule has 0 saturated carbocycles. The fourth-order valence-electron chi connectivity index (χ4n) is 2.04. The Bertz CT molecular complexity index is 709. The van der Waals surface area contributed by atoms with Gasteiger partial charge in [-0.1, -0.05) is 17.7 Å². The Balaban J connectivity index is 3.20. The Morgan fingerprint density at radius 3 is 2.17 bits per heavy atom. The van der Waals surface area contributed by atoms with Gasteiger partial charge in [-0.25, -0.2) is 9.18 Å². The van der Waals surface area contributed by atoms with E-state index in [0.29, 0.717) is 12.0 Å². The molecule has 0 aliphatic heterocycles. The first-order valence-corrected chi connectivity index (χ1v) is 7.50. The molecule has 0 saturated heterocycles. The Labute approximate surface area is 141 Å². The zero-order valence-corrected chi connectivity index (χ0v) is 14.3. The summed E-state index contributed by atoms with van der Waals surface area (Å²) in [4.78, 5) is 23.0. The highest BCUT2D eigenvalue weighted by atomic mass is 19.1. The maximum Gasteiger partial charge on any atom is 0.335 e. The molecule has 1 rings (SSSR count). The van der Waals surface area contributed by atoms with Crippen molar-refractivity contribution in [3.63, 3.8) is 0 Å². The van der Waals surface area contributed by atoms with Crippen molar-refractivity contribution in [2.45, 2.75) is 27.2 Å². The maximum absolute atomic E-state index is 13.0. The lowest BCUT2D eigenvalue weighted by Gasteiger charge is -2.08. The summed E-state index contributed by atoms with van der Waals surface area (Å²) >= 11 is 0. The SMILES string of the molecule is CNC(=O)/C(C)=C/C(=C\C(Cc1ccc(F)cc1)=C(C)C)C(=O)O. The van der Waals surface area contributed by atoms with Gasteiger partial charge < -0.3 is 10.4 Å². The number of benzene rings is 1. The van der Waals surface area contributed by atoms with Gasteiger partial charge in [0.1, 0.15) is 5.82 Å². The number of hydrogen-bond donors (Lipinski definition) is 2. The molecule has 0 radical (unpaired) electrons. The van der Waals surface area contributed by atoms with Crippen LogP contribution >= 0.6 is 0 Å². The van der Waals surface area contributed by atoms with E-state index in [1.165, 1.54) is 25.3 Å². The summed E-state index contributed by atoms with van der Waals surface area (Å²) in [7, 11) is 1.49. The first kappa shape index (κ1) is 19.4. The molecule has 2 N–H and O–H groups in total. The number of carboxylic acids is 1. The quantitative estimate of drug-likeness (QED) is 0.620. The largest absolute Gasteiger partial charge is 0.478 e. The van der Waals surface area contributed by atoms with Crippen LogP contribution in [0.4, 0.5) is 4.39 Å². The number of carbonyl (C=O) groups excluding carboxylic acids is 1. The van der Waals surface area contributed by atoms with Crippen molar-refractivity contribution < 1.29 is 19.1 Å². The van der Waals surface area contributed by atoms with E-state index in [4.69, 9.17) is 0 Å². The van der Waals surface area contributed by atoms with E-state index in [-0.39, 0.29) is 17.3 Å². The van der Waals surface area contributed by atoms with Crippen LogP contribution in [0.15, 0.2) is 58.7 Å².